The standard InChI is InChI=1S/C34H33N5O6S/c1-23-18-19-39(38-46(43,44)30-13-7-11-26-10-5-6-12-28(26)30)33(41)29(23)20-31(40)36-21-24-14-16-27(17-15-24)32(35)37-34(42)45-22-25-8-3-2-4-9-25/h2-17,38H,18-22H2,1H3,(H,36,40)(H2,35,37,42). The minimum absolute atomic E-state index is 0.00694. The van der Waals surface area contributed by atoms with Gasteiger partial charge in [0.25, 0.3) is 15.9 Å². The SMILES string of the molecule is CC1=C(CC(=O)NCc2ccc(C(N)=NC(=O)OCc3ccccc3)cc2)C(=O)N(NS(=O)(=O)c2cccc3ccccc23)CC1. The molecule has 1 heterocycles. The van der Waals surface area contributed by atoms with Crippen molar-refractivity contribution in [2.24, 2.45) is 10.7 Å². The molecule has 236 valence electrons. The zero-order chi connectivity index (χ0) is 32.7. The van der Waals surface area contributed by atoms with Crippen molar-refractivity contribution < 1.29 is 27.5 Å². The molecule has 4 N–H and O–H groups in total. The van der Waals surface area contributed by atoms with Crippen molar-refractivity contribution >= 4 is 44.5 Å². The summed E-state index contributed by atoms with van der Waals surface area (Å²) in [5.41, 5.74) is 9.02. The van der Waals surface area contributed by atoms with Crippen LogP contribution in [0.4, 0.5) is 4.79 Å². The van der Waals surface area contributed by atoms with Crippen molar-refractivity contribution in [2.45, 2.75) is 37.8 Å². The van der Waals surface area contributed by atoms with E-state index in [1.165, 1.54) is 6.07 Å². The number of carbonyl (C=O) groups excluding carboxylic acids is 3. The number of nitrogens with one attached hydrogen (secondary N) is 2. The second-order valence-electron chi connectivity index (χ2n) is 10.7. The number of amidine groups is 1. The predicted molar refractivity (Wildman–Crippen MR) is 174 cm³/mol. The van der Waals surface area contributed by atoms with Gasteiger partial charge in [-0.2, -0.15) is 4.99 Å². The number of benzene rings is 4. The molecule has 0 aliphatic carbocycles. The third-order valence-electron chi connectivity index (χ3n) is 7.49. The number of aliphatic imine (C=N–C) groups is 1. The maximum atomic E-state index is 13.3. The minimum Gasteiger partial charge on any atom is -0.443 e. The summed E-state index contributed by atoms with van der Waals surface area (Å²) in [6.07, 6.45) is -0.601. The summed E-state index contributed by atoms with van der Waals surface area (Å²) in [5, 5.41) is 5.14. The molecule has 4 aromatic rings. The topological polar surface area (TPSA) is 160 Å². The van der Waals surface area contributed by atoms with E-state index in [-0.39, 0.29) is 42.4 Å². The molecule has 3 amide bonds. The lowest BCUT2D eigenvalue weighted by molar-refractivity contribution is -0.131. The Balaban J connectivity index is 1.15. The van der Waals surface area contributed by atoms with Crippen LogP contribution in [0.1, 0.15) is 36.5 Å². The number of rotatable bonds is 10. The van der Waals surface area contributed by atoms with Crippen LogP contribution in [0.2, 0.25) is 0 Å². The Bertz CT molecular complexity index is 1930. The lowest BCUT2D eigenvalue weighted by Crippen LogP contribution is -2.49. The number of fused-ring (bicyclic) bond motifs is 1. The van der Waals surface area contributed by atoms with Gasteiger partial charge in [0.05, 0.1) is 11.3 Å². The van der Waals surface area contributed by atoms with E-state index in [1.54, 1.807) is 49.4 Å². The fourth-order valence-corrected chi connectivity index (χ4v) is 6.24. The van der Waals surface area contributed by atoms with E-state index < -0.39 is 27.9 Å². The first-order valence-electron chi connectivity index (χ1n) is 14.5. The van der Waals surface area contributed by atoms with Crippen molar-refractivity contribution in [3.63, 3.8) is 0 Å². The maximum absolute atomic E-state index is 13.3. The lowest BCUT2D eigenvalue weighted by Gasteiger charge is -2.29. The summed E-state index contributed by atoms with van der Waals surface area (Å²) in [5.74, 6) is -0.968. The first kappa shape index (κ1) is 32.1. The number of nitrogens with zero attached hydrogens (tertiary/aromatic N) is 2. The van der Waals surface area contributed by atoms with Gasteiger partial charge in [-0.05, 0) is 35.9 Å². The molecular weight excluding hydrogens is 606 g/mol. The highest BCUT2D eigenvalue weighted by molar-refractivity contribution is 7.89. The van der Waals surface area contributed by atoms with Gasteiger partial charge in [-0.1, -0.05) is 96.6 Å². The Morgan fingerprint density at radius 3 is 2.37 bits per heavy atom. The van der Waals surface area contributed by atoms with E-state index in [2.05, 4.69) is 15.1 Å². The first-order chi connectivity index (χ1) is 22.1. The summed E-state index contributed by atoms with van der Waals surface area (Å²) < 4.78 is 31.7. The van der Waals surface area contributed by atoms with Gasteiger partial charge in [0.15, 0.2) is 0 Å². The summed E-state index contributed by atoms with van der Waals surface area (Å²) >= 11 is 0. The number of sulfonamides is 1. The van der Waals surface area contributed by atoms with Crippen LogP contribution in [0.15, 0.2) is 118 Å². The molecule has 0 saturated heterocycles. The van der Waals surface area contributed by atoms with Crippen LogP contribution < -0.4 is 15.9 Å². The molecule has 11 nitrogen and oxygen atoms in total. The van der Waals surface area contributed by atoms with Crippen LogP contribution >= 0.6 is 0 Å². The van der Waals surface area contributed by atoms with Crippen LogP contribution in [0.3, 0.4) is 0 Å². The number of nitrogens with two attached hydrogens (primary N) is 1. The van der Waals surface area contributed by atoms with Crippen LogP contribution in [-0.4, -0.2) is 43.7 Å². The van der Waals surface area contributed by atoms with Crippen LogP contribution in [0, 0.1) is 0 Å². The van der Waals surface area contributed by atoms with Crippen LogP contribution in [0.25, 0.3) is 10.8 Å². The highest BCUT2D eigenvalue weighted by atomic mass is 32.2. The van der Waals surface area contributed by atoms with E-state index in [9.17, 15) is 22.8 Å². The Morgan fingerprint density at radius 2 is 1.61 bits per heavy atom. The molecule has 1 aliphatic rings. The highest BCUT2D eigenvalue weighted by Gasteiger charge is 2.30. The second kappa shape index (κ2) is 14.2. The molecule has 0 atom stereocenters. The van der Waals surface area contributed by atoms with Gasteiger partial charge in [0, 0.05) is 29.6 Å². The van der Waals surface area contributed by atoms with Gasteiger partial charge in [-0.15, -0.1) is 4.83 Å². The first-order valence-corrected chi connectivity index (χ1v) is 16.0. The lowest BCUT2D eigenvalue weighted by atomic mass is 9.98. The highest BCUT2D eigenvalue weighted by Crippen LogP contribution is 2.25. The Labute approximate surface area is 266 Å². The molecule has 0 radical (unpaired) electrons. The number of hydrogen-bond acceptors (Lipinski definition) is 6. The number of carbonyl (C=O) groups is 3. The molecule has 0 spiro atoms. The van der Waals surface area contributed by atoms with Gasteiger partial charge in [0.2, 0.25) is 5.91 Å². The monoisotopic (exact) mass is 639 g/mol. The third kappa shape index (κ3) is 7.84. The summed E-state index contributed by atoms with van der Waals surface area (Å²) in [6, 6.07) is 28.0. The average molecular weight is 640 g/mol. The Hall–Kier alpha value is -5.33. The van der Waals surface area contributed by atoms with E-state index in [0.717, 1.165) is 27.1 Å². The minimum atomic E-state index is -4.08. The van der Waals surface area contributed by atoms with Gasteiger partial charge in [-0.25, -0.2) is 13.2 Å². The molecule has 0 aromatic heterocycles. The van der Waals surface area contributed by atoms with Crippen LogP contribution in [0.5, 0.6) is 0 Å². The Morgan fingerprint density at radius 1 is 0.913 bits per heavy atom. The van der Waals surface area contributed by atoms with Crippen molar-refractivity contribution in [2.75, 3.05) is 6.54 Å². The molecule has 0 bridgehead atoms. The smallest absolute Gasteiger partial charge is 0.435 e. The Kier molecular flexibility index (Phi) is 9.89. The number of hydrazine groups is 1. The number of hydrogen-bond donors (Lipinski definition) is 3. The van der Waals surface area contributed by atoms with Crippen molar-refractivity contribution in [3.8, 4) is 0 Å². The van der Waals surface area contributed by atoms with E-state index in [4.69, 9.17) is 10.5 Å². The summed E-state index contributed by atoms with van der Waals surface area (Å²) in [7, 11) is -4.08. The van der Waals surface area contributed by atoms with Gasteiger partial charge >= 0.3 is 6.09 Å². The van der Waals surface area contributed by atoms with E-state index in [0.29, 0.717) is 17.4 Å². The van der Waals surface area contributed by atoms with E-state index in [1.807, 2.05) is 48.5 Å². The normalized spacial score (nSPS) is 14.0. The predicted octanol–water partition coefficient (Wildman–Crippen LogP) is 4.33. The molecule has 46 heavy (non-hydrogen) atoms. The molecule has 0 saturated carbocycles. The molecule has 4 aromatic carbocycles. The quantitative estimate of drug-likeness (QED) is 0.172. The number of ether oxygens (including phenoxy) is 1. The van der Waals surface area contributed by atoms with Crippen molar-refractivity contribution in [1.29, 1.82) is 0 Å². The molecule has 12 heteroatoms. The molecule has 1 aliphatic heterocycles. The number of amides is 3. The molecular formula is C34H33N5O6S. The summed E-state index contributed by atoms with van der Waals surface area (Å²) in [6.45, 7) is 2.16. The van der Waals surface area contributed by atoms with Crippen molar-refractivity contribution in [1.82, 2.24) is 15.2 Å². The fourth-order valence-electron chi connectivity index (χ4n) is 4.95. The molecule has 0 unspecified atom stereocenters. The van der Waals surface area contributed by atoms with Gasteiger partial charge in [0.1, 0.15) is 12.4 Å². The molecule has 5 rings (SSSR count). The zero-order valence-corrected chi connectivity index (χ0v) is 25.9. The molecule has 0 fully saturated rings. The van der Waals surface area contributed by atoms with Crippen molar-refractivity contribution in [3.05, 3.63) is 125 Å². The third-order valence-corrected chi connectivity index (χ3v) is 8.89. The van der Waals surface area contributed by atoms with Crippen LogP contribution in [-0.2, 0) is 37.5 Å². The van der Waals surface area contributed by atoms with Gasteiger partial charge in [-0.3, -0.25) is 14.6 Å². The van der Waals surface area contributed by atoms with Gasteiger partial charge < -0.3 is 15.8 Å². The zero-order valence-electron chi connectivity index (χ0n) is 25.1. The average Bonchev–Trinajstić information content (AvgIpc) is 3.06. The van der Waals surface area contributed by atoms with E-state index >= 15 is 0 Å². The summed E-state index contributed by atoms with van der Waals surface area (Å²) in [4.78, 5) is 44.5. The largest absolute Gasteiger partial charge is 0.443 e. The second-order valence-corrected chi connectivity index (χ2v) is 12.4. The fraction of sp³-hybridized carbons (Fsp3) is 0.176. The maximum Gasteiger partial charge on any atom is 0.435 e.